The quantitative estimate of drug-likeness (QED) is 0.629. The number of aryl methyl sites for hydroxylation is 1. The van der Waals surface area contributed by atoms with Gasteiger partial charge in [-0.2, -0.15) is 0 Å². The van der Waals surface area contributed by atoms with Gasteiger partial charge in [-0.15, -0.1) is 0 Å². The van der Waals surface area contributed by atoms with Crippen LogP contribution in [0.5, 0.6) is 0 Å². The third-order valence-corrected chi connectivity index (χ3v) is 8.46. The molecule has 2 aromatic heterocycles. The monoisotopic (exact) mass is 504 g/mol. The molecular formula is C17H17F3N3O2SSn. The number of fused-ring (bicyclic) bond motifs is 1. The number of halogens is 3. The van der Waals surface area contributed by atoms with Gasteiger partial charge in [-0.3, -0.25) is 0 Å². The molecule has 1 aliphatic rings. The Bertz CT molecular complexity index is 904. The topological polar surface area (TPSA) is 74.6 Å². The van der Waals surface area contributed by atoms with E-state index in [-0.39, 0.29) is 5.69 Å². The Morgan fingerprint density at radius 3 is 2.70 bits per heavy atom. The molecule has 2 amide bonds. The summed E-state index contributed by atoms with van der Waals surface area (Å²) in [5, 5.41) is 14.3. The Morgan fingerprint density at radius 2 is 2.07 bits per heavy atom. The number of hydrogen-bond acceptors (Lipinski definition) is 4. The third-order valence-electron chi connectivity index (χ3n) is 4.16. The van der Waals surface area contributed by atoms with Crippen molar-refractivity contribution in [1.29, 1.82) is 0 Å². The minimum absolute atomic E-state index is 0.154. The number of anilines is 1. The van der Waals surface area contributed by atoms with Crippen LogP contribution in [0, 0.1) is 0 Å². The number of nitrogens with one attached hydrogen (secondary N) is 1. The number of amides is 2. The van der Waals surface area contributed by atoms with Gasteiger partial charge in [-0.05, 0) is 0 Å². The number of aliphatic hydroxyl groups is 1. The number of carbonyl (C=O) groups is 1. The van der Waals surface area contributed by atoms with E-state index in [1.807, 2.05) is 11.4 Å². The standard InChI is InChI=1S/C10H8F3N3O.C7H9OS.Sn/c11-10(12,13)8-4-7(16-9(14)17)5-2-1-3-6(5)15-8;1-7(2,8)6-3-4-9-5-6;/h4H,1-3H2,(H,15,16,17);3,5,8H,1-2H3;. The number of rotatable bonds is 3. The van der Waals surface area contributed by atoms with Gasteiger partial charge < -0.3 is 0 Å². The number of thiophene rings is 1. The average molecular weight is 503 g/mol. The second kappa shape index (κ2) is 7.59. The summed E-state index contributed by atoms with van der Waals surface area (Å²) in [6, 6.07) is 2.09. The van der Waals surface area contributed by atoms with Gasteiger partial charge >= 0.3 is 168 Å². The Balaban J connectivity index is 1.78. The summed E-state index contributed by atoms with van der Waals surface area (Å²) in [4.78, 5) is 15.9. The molecule has 0 aromatic carbocycles. The summed E-state index contributed by atoms with van der Waals surface area (Å²) in [6.45, 7) is 3.35. The molecule has 0 aliphatic heterocycles. The van der Waals surface area contributed by atoms with Gasteiger partial charge in [-0.25, -0.2) is 0 Å². The molecule has 0 saturated heterocycles. The Labute approximate surface area is 168 Å². The zero-order chi connectivity index (χ0) is 19.8. The first-order chi connectivity index (χ1) is 12.5. The van der Waals surface area contributed by atoms with Crippen LogP contribution in [0.15, 0.2) is 20.7 Å². The van der Waals surface area contributed by atoms with Gasteiger partial charge in [0.15, 0.2) is 0 Å². The first kappa shape index (κ1) is 20.4. The van der Waals surface area contributed by atoms with Crippen molar-refractivity contribution in [1.82, 2.24) is 4.98 Å². The molecule has 5 nitrogen and oxygen atoms in total. The Kier molecular flexibility index (Phi) is 5.74. The van der Waals surface area contributed by atoms with Crippen LogP contribution in [0.4, 0.5) is 23.7 Å². The van der Waals surface area contributed by atoms with Crippen molar-refractivity contribution in [3.05, 3.63) is 40.0 Å². The molecule has 143 valence electrons. The molecule has 2 aromatic rings. The van der Waals surface area contributed by atoms with Gasteiger partial charge in [-0.1, -0.05) is 0 Å². The molecule has 1 radical (unpaired) electrons. The van der Waals surface area contributed by atoms with E-state index in [2.05, 4.69) is 13.5 Å². The van der Waals surface area contributed by atoms with Crippen molar-refractivity contribution in [3.63, 3.8) is 0 Å². The molecule has 0 saturated carbocycles. The summed E-state index contributed by atoms with van der Waals surface area (Å²) < 4.78 is 44.1. The number of pyridine rings is 1. The van der Waals surface area contributed by atoms with Crippen molar-refractivity contribution in [2.75, 3.05) is 5.32 Å². The Hall–Kier alpha value is -1.33. The van der Waals surface area contributed by atoms with Crippen LogP contribution in [0.25, 0.3) is 0 Å². The molecule has 2 N–H and O–H groups in total. The fraction of sp³-hybridized carbons (Fsp3) is 0.412. The number of nitrogens with zero attached hydrogens (tertiary/aromatic N) is 2. The predicted octanol–water partition coefficient (Wildman–Crippen LogP) is 3.62. The summed E-state index contributed by atoms with van der Waals surface area (Å²) >= 11 is -0.152. The first-order valence-electron chi connectivity index (χ1n) is 8.23. The zero-order valence-electron chi connectivity index (χ0n) is 14.6. The molecule has 0 bridgehead atoms. The van der Waals surface area contributed by atoms with Crippen LogP contribution >= 0.6 is 11.3 Å². The van der Waals surface area contributed by atoms with Crippen LogP contribution in [0.3, 0.4) is 0 Å². The predicted molar refractivity (Wildman–Crippen MR) is 97.7 cm³/mol. The normalized spacial score (nSPS) is 14.6. The molecule has 27 heavy (non-hydrogen) atoms. The second-order valence-electron chi connectivity index (χ2n) is 6.74. The summed E-state index contributed by atoms with van der Waals surface area (Å²) in [5.74, 6) is 0. The summed E-state index contributed by atoms with van der Waals surface area (Å²) in [7, 11) is 0. The maximum absolute atomic E-state index is 13.0. The van der Waals surface area contributed by atoms with E-state index < -0.39 is 44.5 Å². The second-order valence-corrected chi connectivity index (χ2v) is 11.5. The number of hydrogen-bond donors (Lipinski definition) is 2. The maximum atomic E-state index is 13.0. The van der Waals surface area contributed by atoms with Gasteiger partial charge in [0.05, 0.1) is 0 Å². The van der Waals surface area contributed by atoms with E-state index in [0.29, 0.717) is 24.1 Å². The van der Waals surface area contributed by atoms with E-state index in [1.165, 1.54) is 11.3 Å². The van der Waals surface area contributed by atoms with Crippen molar-refractivity contribution in [2.24, 2.45) is 3.15 Å². The summed E-state index contributed by atoms with van der Waals surface area (Å²) in [5.41, 5.74) is 0.0290. The third kappa shape index (κ3) is 4.94. The summed E-state index contributed by atoms with van der Waals surface area (Å²) in [6.07, 6.45) is -2.77. The van der Waals surface area contributed by atoms with Gasteiger partial charge in [0.25, 0.3) is 0 Å². The van der Waals surface area contributed by atoms with Gasteiger partial charge in [0, 0.05) is 0 Å². The van der Waals surface area contributed by atoms with Crippen LogP contribution < -0.4 is 8.21 Å². The zero-order valence-corrected chi connectivity index (χ0v) is 18.3. The van der Waals surface area contributed by atoms with Crippen molar-refractivity contribution in [2.45, 2.75) is 44.9 Å². The van der Waals surface area contributed by atoms with Crippen LogP contribution in [-0.4, -0.2) is 37.1 Å². The van der Waals surface area contributed by atoms with E-state index in [1.54, 1.807) is 13.8 Å². The van der Waals surface area contributed by atoms with E-state index in [4.69, 9.17) is 0 Å². The van der Waals surface area contributed by atoms with Crippen molar-refractivity contribution >= 4 is 46.9 Å². The molecule has 0 spiro atoms. The van der Waals surface area contributed by atoms with Crippen LogP contribution in [-0.2, 0) is 24.6 Å². The average Bonchev–Trinajstić information content (AvgIpc) is 3.20. The van der Waals surface area contributed by atoms with E-state index in [0.717, 1.165) is 20.9 Å². The fourth-order valence-electron chi connectivity index (χ4n) is 2.76. The molecule has 2 heterocycles. The molecule has 0 atom stereocenters. The van der Waals surface area contributed by atoms with Gasteiger partial charge in [0.2, 0.25) is 0 Å². The fourth-order valence-corrected chi connectivity index (χ4v) is 6.28. The first-order valence-corrected chi connectivity index (χ1v) is 11.8. The van der Waals surface area contributed by atoms with Gasteiger partial charge in [0.1, 0.15) is 0 Å². The molecule has 3 rings (SSSR count). The molecule has 0 fully saturated rings. The van der Waals surface area contributed by atoms with E-state index in [9.17, 15) is 23.1 Å². The number of carbonyl (C=O) groups excluding carboxylic acids is 1. The molecule has 10 heteroatoms. The molecule has 0 unspecified atom stereocenters. The Morgan fingerprint density at radius 1 is 1.33 bits per heavy atom. The number of aromatic nitrogens is 1. The van der Waals surface area contributed by atoms with Crippen LogP contribution in [0.1, 0.15) is 42.8 Å². The minimum atomic E-state index is -4.56. The van der Waals surface area contributed by atoms with Crippen molar-refractivity contribution in [3.8, 4) is 0 Å². The number of alkyl halides is 3. The van der Waals surface area contributed by atoms with Crippen molar-refractivity contribution < 1.29 is 23.1 Å². The van der Waals surface area contributed by atoms with Crippen LogP contribution in [0.2, 0.25) is 0 Å². The SMILES string of the molecule is CC(C)(O)c1cs[c]([Sn]=[N]C(=O)Nc2cc(C(F)(F)F)nc3c2CCC3)c1. The molecular weight excluding hydrogens is 486 g/mol. The molecule has 1 aliphatic carbocycles. The number of urea groups is 1. The van der Waals surface area contributed by atoms with E-state index >= 15 is 0 Å².